The van der Waals surface area contributed by atoms with Gasteiger partial charge in [-0.05, 0) is 28.1 Å². The second-order valence-electron chi connectivity index (χ2n) is 4.44. The summed E-state index contributed by atoms with van der Waals surface area (Å²) in [5, 5.41) is 30.4. The number of aliphatic hydroxyl groups is 2. The van der Waals surface area contributed by atoms with E-state index in [2.05, 4.69) is 21.2 Å². The van der Waals surface area contributed by atoms with E-state index in [0.717, 1.165) is 0 Å². The Kier molecular flexibility index (Phi) is 4.26. The summed E-state index contributed by atoms with van der Waals surface area (Å²) in [6.45, 7) is -0.000283. The molecule has 1 fully saturated rings. The molecular formula is C12H13BrN2O5. The number of hydrogen-bond donors (Lipinski definition) is 4. The van der Waals surface area contributed by atoms with Crippen LogP contribution in [-0.4, -0.2) is 57.5 Å². The van der Waals surface area contributed by atoms with E-state index >= 15 is 0 Å². The first-order valence-electron chi connectivity index (χ1n) is 5.84. The third-order valence-electron chi connectivity index (χ3n) is 3.02. The third-order valence-corrected chi connectivity index (χ3v) is 3.68. The van der Waals surface area contributed by atoms with E-state index in [1.807, 2.05) is 0 Å². The molecule has 0 aromatic heterocycles. The minimum absolute atomic E-state index is 0.000141. The number of carboxylic acids is 1. The molecule has 20 heavy (non-hydrogen) atoms. The van der Waals surface area contributed by atoms with Crippen molar-refractivity contribution in [3.05, 3.63) is 28.2 Å². The van der Waals surface area contributed by atoms with Crippen molar-refractivity contribution in [3.63, 3.8) is 0 Å². The summed E-state index contributed by atoms with van der Waals surface area (Å²) in [5.41, 5.74) is 0.0916. The number of hydrogen-bond acceptors (Lipinski definition) is 4. The quantitative estimate of drug-likeness (QED) is 0.631. The fraction of sp³-hybridized carbons (Fsp3) is 0.333. The van der Waals surface area contributed by atoms with Crippen LogP contribution in [0.15, 0.2) is 22.7 Å². The lowest BCUT2D eigenvalue weighted by molar-refractivity contribution is 0.0572. The summed E-state index contributed by atoms with van der Waals surface area (Å²) in [4.78, 5) is 24.3. The molecule has 2 rings (SSSR count). The average Bonchev–Trinajstić information content (AvgIpc) is 2.72. The Morgan fingerprint density at radius 1 is 1.25 bits per heavy atom. The first-order valence-corrected chi connectivity index (χ1v) is 6.63. The molecular weight excluding hydrogens is 332 g/mol. The Morgan fingerprint density at radius 2 is 1.85 bits per heavy atom. The van der Waals surface area contributed by atoms with Crippen molar-refractivity contribution < 1.29 is 24.9 Å². The molecule has 0 bridgehead atoms. The number of rotatable bonds is 2. The van der Waals surface area contributed by atoms with Gasteiger partial charge in [-0.15, -0.1) is 0 Å². The SMILES string of the molecule is O=C(O)c1cccc(Br)c1NC(=O)N1CC(O)C(O)C1. The molecule has 2 amide bonds. The van der Waals surface area contributed by atoms with Gasteiger partial charge in [0.2, 0.25) is 0 Å². The maximum atomic E-state index is 12.0. The zero-order chi connectivity index (χ0) is 14.9. The van der Waals surface area contributed by atoms with E-state index in [9.17, 15) is 19.8 Å². The van der Waals surface area contributed by atoms with Gasteiger partial charge in [0.1, 0.15) is 0 Å². The van der Waals surface area contributed by atoms with Crippen LogP contribution in [0.1, 0.15) is 10.4 Å². The number of amides is 2. The number of benzene rings is 1. The molecule has 0 aliphatic carbocycles. The van der Waals surface area contributed by atoms with Gasteiger partial charge in [0.15, 0.2) is 0 Å². The normalized spacial score (nSPS) is 21.9. The lowest BCUT2D eigenvalue weighted by Crippen LogP contribution is -2.34. The van der Waals surface area contributed by atoms with Gasteiger partial charge in [-0.1, -0.05) is 6.07 Å². The summed E-state index contributed by atoms with van der Waals surface area (Å²) in [7, 11) is 0. The van der Waals surface area contributed by atoms with Crippen molar-refractivity contribution in [3.8, 4) is 0 Å². The van der Waals surface area contributed by atoms with Gasteiger partial charge in [-0.25, -0.2) is 9.59 Å². The van der Waals surface area contributed by atoms with Gasteiger partial charge in [0.25, 0.3) is 0 Å². The monoisotopic (exact) mass is 344 g/mol. The number of urea groups is 1. The number of aliphatic hydroxyl groups excluding tert-OH is 2. The zero-order valence-corrected chi connectivity index (χ0v) is 11.9. The van der Waals surface area contributed by atoms with Crippen LogP contribution < -0.4 is 5.32 Å². The van der Waals surface area contributed by atoms with Crippen LogP contribution in [0.2, 0.25) is 0 Å². The highest BCUT2D eigenvalue weighted by atomic mass is 79.9. The van der Waals surface area contributed by atoms with E-state index < -0.39 is 24.2 Å². The van der Waals surface area contributed by atoms with E-state index in [1.54, 1.807) is 12.1 Å². The van der Waals surface area contributed by atoms with Crippen LogP contribution >= 0.6 is 15.9 Å². The summed E-state index contributed by atoms with van der Waals surface area (Å²) in [6.07, 6.45) is -1.97. The number of carbonyl (C=O) groups excluding carboxylic acids is 1. The molecule has 0 saturated carbocycles. The summed E-state index contributed by atoms with van der Waals surface area (Å²) >= 11 is 3.18. The van der Waals surface area contributed by atoms with E-state index in [4.69, 9.17) is 5.11 Å². The van der Waals surface area contributed by atoms with Gasteiger partial charge >= 0.3 is 12.0 Å². The summed E-state index contributed by atoms with van der Waals surface area (Å²) in [6, 6.07) is 3.95. The fourth-order valence-electron chi connectivity index (χ4n) is 1.95. The number of halogens is 1. The van der Waals surface area contributed by atoms with Crippen molar-refractivity contribution >= 4 is 33.6 Å². The molecule has 2 unspecified atom stereocenters. The van der Waals surface area contributed by atoms with Crippen LogP contribution in [0.3, 0.4) is 0 Å². The number of nitrogens with zero attached hydrogens (tertiary/aromatic N) is 1. The Bertz CT molecular complexity index is 541. The second kappa shape index (κ2) is 5.78. The van der Waals surface area contributed by atoms with Crippen molar-refractivity contribution in [1.82, 2.24) is 4.90 Å². The molecule has 0 radical (unpaired) electrons. The van der Waals surface area contributed by atoms with Crippen LogP contribution in [0, 0.1) is 0 Å². The maximum Gasteiger partial charge on any atom is 0.337 e. The predicted octanol–water partition coefficient (Wildman–Crippen LogP) is 0.717. The molecule has 2 atom stereocenters. The van der Waals surface area contributed by atoms with Gasteiger partial charge in [0, 0.05) is 4.47 Å². The number of aromatic carboxylic acids is 1. The molecule has 4 N–H and O–H groups in total. The first kappa shape index (κ1) is 14.8. The predicted molar refractivity (Wildman–Crippen MR) is 73.7 cm³/mol. The minimum atomic E-state index is -1.16. The molecule has 1 aliphatic heterocycles. The number of para-hydroxylation sites is 1. The second-order valence-corrected chi connectivity index (χ2v) is 5.29. The van der Waals surface area contributed by atoms with Crippen LogP contribution in [0.5, 0.6) is 0 Å². The molecule has 8 heteroatoms. The Morgan fingerprint density at radius 3 is 2.40 bits per heavy atom. The minimum Gasteiger partial charge on any atom is -0.478 e. The highest BCUT2D eigenvalue weighted by Crippen LogP contribution is 2.27. The lowest BCUT2D eigenvalue weighted by Gasteiger charge is -2.18. The van der Waals surface area contributed by atoms with Crippen molar-refractivity contribution in [2.75, 3.05) is 18.4 Å². The molecule has 7 nitrogen and oxygen atoms in total. The standard InChI is InChI=1S/C12H13BrN2O5/c13-7-3-1-2-6(11(18)19)10(7)14-12(20)15-4-8(16)9(17)5-15/h1-3,8-9,16-17H,4-5H2,(H,14,20)(H,18,19). The van der Waals surface area contributed by atoms with Crippen molar-refractivity contribution in [2.24, 2.45) is 0 Å². The van der Waals surface area contributed by atoms with Crippen LogP contribution in [0.4, 0.5) is 10.5 Å². The molecule has 1 aromatic rings. The third kappa shape index (κ3) is 2.92. The van der Waals surface area contributed by atoms with Crippen molar-refractivity contribution in [2.45, 2.75) is 12.2 Å². The molecule has 0 spiro atoms. The zero-order valence-electron chi connectivity index (χ0n) is 10.3. The Labute approximate surface area is 122 Å². The highest BCUT2D eigenvalue weighted by Gasteiger charge is 2.33. The number of β-amino-alcohol motifs (C(OH)–C–C–N with tert-alkyl or cyclic N) is 2. The Hall–Kier alpha value is -1.64. The number of carboxylic acid groups (broad SMARTS) is 1. The van der Waals surface area contributed by atoms with E-state index in [1.165, 1.54) is 11.0 Å². The smallest absolute Gasteiger partial charge is 0.337 e. The van der Waals surface area contributed by atoms with E-state index in [-0.39, 0.29) is 24.3 Å². The molecule has 1 aromatic carbocycles. The number of carbonyl (C=O) groups is 2. The highest BCUT2D eigenvalue weighted by molar-refractivity contribution is 9.10. The largest absolute Gasteiger partial charge is 0.478 e. The van der Waals surface area contributed by atoms with Crippen LogP contribution in [0.25, 0.3) is 0 Å². The topological polar surface area (TPSA) is 110 Å². The van der Waals surface area contributed by atoms with Gasteiger partial charge < -0.3 is 25.5 Å². The lowest BCUT2D eigenvalue weighted by atomic mass is 10.2. The molecule has 108 valence electrons. The van der Waals surface area contributed by atoms with Crippen molar-refractivity contribution in [1.29, 1.82) is 0 Å². The maximum absolute atomic E-state index is 12.0. The summed E-state index contributed by atoms with van der Waals surface area (Å²) < 4.78 is 0.436. The molecule has 1 saturated heterocycles. The van der Waals surface area contributed by atoms with Gasteiger partial charge in [0.05, 0.1) is 36.5 Å². The van der Waals surface area contributed by atoms with E-state index in [0.29, 0.717) is 4.47 Å². The summed E-state index contributed by atoms with van der Waals surface area (Å²) in [5.74, 6) is -1.16. The van der Waals surface area contributed by atoms with Gasteiger partial charge in [-0.2, -0.15) is 0 Å². The fourth-order valence-corrected chi connectivity index (χ4v) is 2.42. The Balaban J connectivity index is 2.18. The number of likely N-dealkylation sites (tertiary alicyclic amines) is 1. The number of nitrogens with one attached hydrogen (secondary N) is 1. The van der Waals surface area contributed by atoms with Gasteiger partial charge in [-0.3, -0.25) is 0 Å². The number of anilines is 1. The molecule has 1 aliphatic rings. The molecule has 1 heterocycles. The average molecular weight is 345 g/mol. The first-order chi connectivity index (χ1) is 9.40. The van der Waals surface area contributed by atoms with Crippen LogP contribution in [-0.2, 0) is 0 Å².